The topological polar surface area (TPSA) is 124 Å². The number of methoxy groups -OCH3 is 1. The van der Waals surface area contributed by atoms with Crippen LogP contribution >= 0.6 is 11.8 Å². The van der Waals surface area contributed by atoms with Gasteiger partial charge in [0.25, 0.3) is 5.91 Å². The summed E-state index contributed by atoms with van der Waals surface area (Å²) in [5.41, 5.74) is 1.59. The van der Waals surface area contributed by atoms with Gasteiger partial charge in [-0.3, -0.25) is 9.59 Å². The van der Waals surface area contributed by atoms with Crippen molar-refractivity contribution in [2.24, 2.45) is 0 Å². The van der Waals surface area contributed by atoms with Crippen LogP contribution in [-0.2, 0) is 11.3 Å². The highest BCUT2D eigenvalue weighted by molar-refractivity contribution is 8.00. The fourth-order valence-electron chi connectivity index (χ4n) is 3.03. The Labute approximate surface area is 199 Å². The number of carbonyl (C=O) groups is 2. The maximum Gasteiger partial charge on any atom is 0.255 e. The van der Waals surface area contributed by atoms with Gasteiger partial charge in [-0.25, -0.2) is 4.68 Å². The van der Waals surface area contributed by atoms with E-state index in [1.807, 2.05) is 18.2 Å². The minimum atomic E-state index is -0.463. The molecule has 2 N–H and O–H groups in total. The van der Waals surface area contributed by atoms with E-state index in [1.165, 1.54) is 11.8 Å². The van der Waals surface area contributed by atoms with Gasteiger partial charge in [0.2, 0.25) is 11.1 Å². The number of carbonyl (C=O) groups excluding carboxylic acids is 2. The average Bonchev–Trinajstić information content (AvgIpc) is 3.52. The summed E-state index contributed by atoms with van der Waals surface area (Å²) in [5.74, 6) is 0.779. The Bertz CT molecular complexity index is 1260. The van der Waals surface area contributed by atoms with E-state index in [4.69, 9.17) is 9.15 Å². The monoisotopic (exact) mass is 478 g/mol. The van der Waals surface area contributed by atoms with Gasteiger partial charge in [0.1, 0.15) is 18.1 Å². The SMILES string of the molecule is COc1ccccc1NC(=O)c1ccc(NC(=O)C(C)Sc2nnnn2Cc2ccco2)cc1. The van der Waals surface area contributed by atoms with Crippen LogP contribution < -0.4 is 15.4 Å². The molecule has 34 heavy (non-hydrogen) atoms. The Morgan fingerprint density at radius 3 is 2.62 bits per heavy atom. The van der Waals surface area contributed by atoms with Gasteiger partial charge in [0.15, 0.2) is 0 Å². The van der Waals surface area contributed by atoms with E-state index in [1.54, 1.807) is 67.4 Å². The number of hydrogen-bond acceptors (Lipinski definition) is 8. The molecule has 4 rings (SSSR count). The number of ether oxygens (including phenoxy) is 1. The number of aromatic nitrogens is 4. The molecule has 1 unspecified atom stereocenters. The predicted molar refractivity (Wildman–Crippen MR) is 127 cm³/mol. The highest BCUT2D eigenvalue weighted by atomic mass is 32.2. The number of tetrazole rings is 1. The first kappa shape index (κ1) is 23.1. The first-order valence-electron chi connectivity index (χ1n) is 10.3. The van der Waals surface area contributed by atoms with Crippen molar-refractivity contribution in [2.45, 2.75) is 23.9 Å². The van der Waals surface area contributed by atoms with E-state index in [0.717, 1.165) is 0 Å². The van der Waals surface area contributed by atoms with Crippen LogP contribution in [0.3, 0.4) is 0 Å². The molecule has 0 saturated heterocycles. The molecule has 2 aromatic carbocycles. The van der Waals surface area contributed by atoms with E-state index in [2.05, 4.69) is 26.2 Å². The summed E-state index contributed by atoms with van der Waals surface area (Å²) in [5, 5.41) is 17.3. The van der Waals surface area contributed by atoms with E-state index < -0.39 is 5.25 Å². The van der Waals surface area contributed by atoms with E-state index in [0.29, 0.717) is 40.1 Å². The Kier molecular flexibility index (Phi) is 7.23. The molecule has 0 bridgehead atoms. The summed E-state index contributed by atoms with van der Waals surface area (Å²) < 4.78 is 12.2. The summed E-state index contributed by atoms with van der Waals surface area (Å²) in [6.45, 7) is 2.13. The minimum Gasteiger partial charge on any atom is -0.495 e. The van der Waals surface area contributed by atoms with Gasteiger partial charge in [-0.05, 0) is 65.9 Å². The maximum absolute atomic E-state index is 12.7. The van der Waals surface area contributed by atoms with Gasteiger partial charge >= 0.3 is 0 Å². The smallest absolute Gasteiger partial charge is 0.255 e. The van der Waals surface area contributed by atoms with Gasteiger partial charge in [-0.15, -0.1) is 5.10 Å². The largest absolute Gasteiger partial charge is 0.495 e. The molecule has 0 aliphatic heterocycles. The molecule has 4 aromatic rings. The Morgan fingerprint density at radius 1 is 1.09 bits per heavy atom. The number of furan rings is 1. The van der Waals surface area contributed by atoms with Crippen molar-refractivity contribution in [2.75, 3.05) is 17.7 Å². The second-order valence-electron chi connectivity index (χ2n) is 7.18. The lowest BCUT2D eigenvalue weighted by molar-refractivity contribution is -0.115. The zero-order valence-corrected chi connectivity index (χ0v) is 19.3. The van der Waals surface area contributed by atoms with Crippen LogP contribution in [0.15, 0.2) is 76.5 Å². The second kappa shape index (κ2) is 10.7. The molecule has 1 atom stereocenters. The molecular weight excluding hydrogens is 456 g/mol. The fraction of sp³-hybridized carbons (Fsp3) is 0.174. The van der Waals surface area contributed by atoms with Crippen LogP contribution in [-0.4, -0.2) is 44.4 Å². The van der Waals surface area contributed by atoms with Crippen LogP contribution in [0.1, 0.15) is 23.0 Å². The van der Waals surface area contributed by atoms with Crippen LogP contribution in [0, 0.1) is 0 Å². The molecule has 10 nitrogen and oxygen atoms in total. The van der Waals surface area contributed by atoms with E-state index in [-0.39, 0.29) is 11.8 Å². The summed E-state index contributed by atoms with van der Waals surface area (Å²) in [4.78, 5) is 25.2. The third kappa shape index (κ3) is 5.62. The highest BCUT2D eigenvalue weighted by Crippen LogP contribution is 2.25. The molecule has 0 spiro atoms. The number of amides is 2. The van der Waals surface area contributed by atoms with E-state index >= 15 is 0 Å². The quantitative estimate of drug-likeness (QED) is 0.349. The average molecular weight is 479 g/mol. The summed E-state index contributed by atoms with van der Waals surface area (Å²) in [6.07, 6.45) is 1.58. The molecule has 174 valence electrons. The number of para-hydroxylation sites is 2. The number of nitrogens with zero attached hydrogens (tertiary/aromatic N) is 4. The molecule has 0 aliphatic rings. The summed E-state index contributed by atoms with van der Waals surface area (Å²) in [6, 6.07) is 17.4. The van der Waals surface area contributed by atoms with Gasteiger partial charge in [0.05, 0.1) is 24.3 Å². The van der Waals surface area contributed by atoms with Crippen molar-refractivity contribution >= 4 is 35.0 Å². The third-order valence-corrected chi connectivity index (χ3v) is 5.88. The summed E-state index contributed by atoms with van der Waals surface area (Å²) in [7, 11) is 1.54. The molecule has 2 amide bonds. The molecular formula is C23H22N6O4S. The molecule has 0 radical (unpaired) electrons. The Balaban J connectivity index is 1.34. The zero-order valence-electron chi connectivity index (χ0n) is 18.5. The molecule has 0 fully saturated rings. The third-order valence-electron chi connectivity index (χ3n) is 4.81. The number of benzene rings is 2. The van der Waals surface area contributed by atoms with Gasteiger partial charge < -0.3 is 19.8 Å². The first-order chi connectivity index (χ1) is 16.5. The van der Waals surface area contributed by atoms with Crippen molar-refractivity contribution in [3.63, 3.8) is 0 Å². The zero-order chi connectivity index (χ0) is 23.9. The molecule has 2 aromatic heterocycles. The van der Waals surface area contributed by atoms with Crippen molar-refractivity contribution in [3.8, 4) is 5.75 Å². The fourth-order valence-corrected chi connectivity index (χ4v) is 3.82. The predicted octanol–water partition coefficient (Wildman–Crippen LogP) is 3.69. The maximum atomic E-state index is 12.7. The second-order valence-corrected chi connectivity index (χ2v) is 8.49. The first-order valence-corrected chi connectivity index (χ1v) is 11.2. The van der Waals surface area contributed by atoms with Crippen molar-refractivity contribution in [1.82, 2.24) is 20.2 Å². The van der Waals surface area contributed by atoms with Gasteiger partial charge in [0, 0.05) is 11.3 Å². The molecule has 0 aliphatic carbocycles. The van der Waals surface area contributed by atoms with Crippen LogP contribution in [0.2, 0.25) is 0 Å². The minimum absolute atomic E-state index is 0.219. The van der Waals surface area contributed by atoms with Crippen molar-refractivity contribution < 1.29 is 18.7 Å². The Hall–Kier alpha value is -4.12. The Morgan fingerprint density at radius 2 is 1.88 bits per heavy atom. The van der Waals surface area contributed by atoms with Crippen LogP contribution in [0.25, 0.3) is 0 Å². The molecule has 0 saturated carbocycles. The van der Waals surface area contributed by atoms with Crippen LogP contribution in [0.4, 0.5) is 11.4 Å². The number of anilines is 2. The van der Waals surface area contributed by atoms with Gasteiger partial charge in [-0.1, -0.05) is 23.9 Å². The highest BCUT2D eigenvalue weighted by Gasteiger charge is 2.19. The number of hydrogen-bond donors (Lipinski definition) is 2. The van der Waals surface area contributed by atoms with Crippen molar-refractivity contribution in [3.05, 3.63) is 78.3 Å². The van der Waals surface area contributed by atoms with Crippen LogP contribution in [0.5, 0.6) is 5.75 Å². The number of thioether (sulfide) groups is 1. The lowest BCUT2D eigenvalue weighted by Gasteiger charge is -2.12. The number of nitrogens with one attached hydrogen (secondary N) is 2. The number of rotatable bonds is 9. The van der Waals surface area contributed by atoms with Gasteiger partial charge in [-0.2, -0.15) is 0 Å². The van der Waals surface area contributed by atoms with Crippen molar-refractivity contribution in [1.29, 1.82) is 0 Å². The normalized spacial score (nSPS) is 11.6. The summed E-state index contributed by atoms with van der Waals surface area (Å²) >= 11 is 1.24. The lowest BCUT2D eigenvalue weighted by Crippen LogP contribution is -2.23. The van der Waals surface area contributed by atoms with E-state index in [9.17, 15) is 9.59 Å². The standard InChI is InChI=1S/C23H22N6O4S/c1-15(34-23-26-27-28-29(23)14-18-6-5-13-33-18)21(30)24-17-11-9-16(10-12-17)22(31)25-19-7-3-4-8-20(19)32-2/h3-13,15H,14H2,1-2H3,(H,24,30)(H,25,31). The molecule has 2 heterocycles. The lowest BCUT2D eigenvalue weighted by atomic mass is 10.2. The molecule has 11 heteroatoms.